The van der Waals surface area contributed by atoms with Crippen LogP contribution in [0.4, 0.5) is 0 Å². The molecule has 2 heterocycles. The van der Waals surface area contributed by atoms with Crippen molar-refractivity contribution >= 4 is 40.9 Å². The van der Waals surface area contributed by atoms with E-state index in [0.717, 1.165) is 15.8 Å². The minimum Gasteiger partial charge on any atom is -0.478 e. The van der Waals surface area contributed by atoms with Crippen molar-refractivity contribution in [2.24, 2.45) is 7.05 Å². The Labute approximate surface area is 130 Å². The Morgan fingerprint density at radius 1 is 1.48 bits per heavy atom. The average Bonchev–Trinajstić information content (AvgIpc) is 3.00. The SMILES string of the molecule is Cn1cc(Cl)cc1C(=O)NCc1ccc(C=CC(=O)O)s1. The molecule has 2 N–H and O–H groups in total. The predicted molar refractivity (Wildman–Crippen MR) is 82.6 cm³/mol. The Kier molecular flexibility index (Phi) is 4.82. The number of hydrogen-bond acceptors (Lipinski definition) is 3. The molecule has 0 fully saturated rings. The number of hydrogen-bond donors (Lipinski definition) is 2. The molecule has 0 aliphatic heterocycles. The first-order valence-electron chi connectivity index (χ1n) is 6.05. The normalized spacial score (nSPS) is 11.0. The molecule has 0 saturated carbocycles. The molecule has 7 heteroatoms. The fourth-order valence-electron chi connectivity index (χ4n) is 1.74. The topological polar surface area (TPSA) is 71.3 Å². The summed E-state index contributed by atoms with van der Waals surface area (Å²) in [5.41, 5.74) is 0.488. The number of carbonyl (C=O) groups is 2. The quantitative estimate of drug-likeness (QED) is 0.831. The Morgan fingerprint density at radius 3 is 2.86 bits per heavy atom. The van der Waals surface area contributed by atoms with Crippen molar-refractivity contribution in [1.82, 2.24) is 9.88 Å². The molecular weight excluding hydrogens is 312 g/mol. The lowest BCUT2D eigenvalue weighted by Crippen LogP contribution is -2.24. The molecule has 0 aromatic carbocycles. The van der Waals surface area contributed by atoms with E-state index in [1.165, 1.54) is 17.4 Å². The van der Waals surface area contributed by atoms with Gasteiger partial charge in [0.05, 0.1) is 11.6 Å². The third-order valence-electron chi connectivity index (χ3n) is 2.70. The van der Waals surface area contributed by atoms with Gasteiger partial charge < -0.3 is 15.0 Å². The van der Waals surface area contributed by atoms with E-state index in [4.69, 9.17) is 16.7 Å². The molecule has 0 spiro atoms. The van der Waals surface area contributed by atoms with E-state index >= 15 is 0 Å². The zero-order chi connectivity index (χ0) is 15.4. The minimum atomic E-state index is -0.987. The standard InChI is InChI=1S/C14H13ClN2O3S/c1-17-8-9(15)6-12(17)14(20)16-7-11-3-2-10(21-11)4-5-13(18)19/h2-6,8H,7H2,1H3,(H,16,20)(H,18,19). The highest BCUT2D eigenvalue weighted by atomic mass is 35.5. The number of rotatable bonds is 5. The van der Waals surface area contributed by atoms with Crippen molar-refractivity contribution in [3.8, 4) is 0 Å². The molecule has 2 aromatic heterocycles. The van der Waals surface area contributed by atoms with Gasteiger partial charge in [-0.15, -0.1) is 11.3 Å². The molecule has 0 saturated heterocycles. The first-order valence-corrected chi connectivity index (χ1v) is 7.25. The molecular formula is C14H13ClN2O3S. The van der Waals surface area contributed by atoms with Gasteiger partial charge in [0.15, 0.2) is 0 Å². The molecule has 2 rings (SSSR count). The Bertz CT molecular complexity index is 703. The average molecular weight is 325 g/mol. The van der Waals surface area contributed by atoms with E-state index in [2.05, 4.69) is 5.32 Å². The van der Waals surface area contributed by atoms with Crippen LogP contribution >= 0.6 is 22.9 Å². The minimum absolute atomic E-state index is 0.208. The number of halogens is 1. The van der Waals surface area contributed by atoms with E-state index in [0.29, 0.717) is 17.3 Å². The third kappa shape index (κ3) is 4.21. The highest BCUT2D eigenvalue weighted by molar-refractivity contribution is 7.12. The fraction of sp³-hybridized carbons (Fsp3) is 0.143. The van der Waals surface area contributed by atoms with Crippen LogP contribution in [0, 0.1) is 0 Å². The number of aliphatic carboxylic acids is 1. The zero-order valence-electron chi connectivity index (χ0n) is 11.2. The molecule has 0 unspecified atom stereocenters. The van der Waals surface area contributed by atoms with Gasteiger partial charge in [-0.1, -0.05) is 11.6 Å². The summed E-state index contributed by atoms with van der Waals surface area (Å²) >= 11 is 7.26. The van der Waals surface area contributed by atoms with Gasteiger partial charge in [0.25, 0.3) is 5.91 Å². The van der Waals surface area contributed by atoms with Crippen molar-refractivity contribution in [3.63, 3.8) is 0 Å². The lowest BCUT2D eigenvalue weighted by atomic mass is 10.3. The van der Waals surface area contributed by atoms with E-state index in [1.54, 1.807) is 23.9 Å². The van der Waals surface area contributed by atoms with Crippen LogP contribution in [0.3, 0.4) is 0 Å². The van der Waals surface area contributed by atoms with Gasteiger partial charge in [0.2, 0.25) is 0 Å². The Hall–Kier alpha value is -2.05. The van der Waals surface area contributed by atoms with Crippen molar-refractivity contribution in [1.29, 1.82) is 0 Å². The molecule has 21 heavy (non-hydrogen) atoms. The molecule has 1 amide bonds. The van der Waals surface area contributed by atoms with Crippen LogP contribution in [0.25, 0.3) is 6.08 Å². The molecule has 110 valence electrons. The molecule has 0 aliphatic rings. The molecule has 0 bridgehead atoms. The number of aromatic nitrogens is 1. The third-order valence-corrected chi connectivity index (χ3v) is 3.96. The Morgan fingerprint density at radius 2 is 2.24 bits per heavy atom. The molecule has 2 aromatic rings. The summed E-state index contributed by atoms with van der Waals surface area (Å²) in [6, 6.07) is 5.27. The first-order chi connectivity index (χ1) is 9.95. The van der Waals surface area contributed by atoms with Gasteiger partial charge in [0.1, 0.15) is 5.69 Å². The van der Waals surface area contributed by atoms with Gasteiger partial charge in [-0.2, -0.15) is 0 Å². The van der Waals surface area contributed by atoms with Gasteiger partial charge in [-0.25, -0.2) is 4.79 Å². The van der Waals surface area contributed by atoms with E-state index < -0.39 is 5.97 Å². The lowest BCUT2D eigenvalue weighted by Gasteiger charge is -2.04. The summed E-state index contributed by atoms with van der Waals surface area (Å²) < 4.78 is 1.66. The highest BCUT2D eigenvalue weighted by Gasteiger charge is 2.11. The first kappa shape index (κ1) is 15.3. The number of carboxylic acids is 1. The van der Waals surface area contributed by atoms with Crippen LogP contribution in [0.15, 0.2) is 30.5 Å². The van der Waals surface area contributed by atoms with Crippen LogP contribution in [-0.4, -0.2) is 21.6 Å². The number of thiophene rings is 1. The summed E-state index contributed by atoms with van der Waals surface area (Å²) in [4.78, 5) is 24.2. The van der Waals surface area contributed by atoms with E-state index in [1.807, 2.05) is 12.1 Å². The zero-order valence-corrected chi connectivity index (χ0v) is 12.7. The summed E-state index contributed by atoms with van der Waals surface area (Å²) in [7, 11) is 1.75. The van der Waals surface area contributed by atoms with Crippen molar-refractivity contribution in [2.45, 2.75) is 6.54 Å². The smallest absolute Gasteiger partial charge is 0.328 e. The van der Waals surface area contributed by atoms with E-state index in [-0.39, 0.29) is 5.91 Å². The fourth-order valence-corrected chi connectivity index (χ4v) is 2.85. The number of carboxylic acid groups (broad SMARTS) is 1. The van der Waals surface area contributed by atoms with Crippen LogP contribution < -0.4 is 5.32 Å². The number of nitrogens with one attached hydrogen (secondary N) is 1. The number of carbonyl (C=O) groups excluding carboxylic acids is 1. The second kappa shape index (κ2) is 6.60. The van der Waals surface area contributed by atoms with Gasteiger partial charge >= 0.3 is 5.97 Å². The maximum absolute atomic E-state index is 12.0. The van der Waals surface area contributed by atoms with Gasteiger partial charge in [0, 0.05) is 29.1 Å². The highest BCUT2D eigenvalue weighted by Crippen LogP contribution is 2.18. The molecule has 0 radical (unpaired) electrons. The van der Waals surface area contributed by atoms with E-state index in [9.17, 15) is 9.59 Å². The molecule has 5 nitrogen and oxygen atoms in total. The number of aryl methyl sites for hydroxylation is 1. The van der Waals surface area contributed by atoms with Crippen LogP contribution in [0.2, 0.25) is 5.02 Å². The summed E-state index contributed by atoms with van der Waals surface area (Å²) in [6.07, 6.45) is 4.27. The van der Waals surface area contributed by atoms with Crippen LogP contribution in [0.5, 0.6) is 0 Å². The van der Waals surface area contributed by atoms with Crippen molar-refractivity contribution < 1.29 is 14.7 Å². The van der Waals surface area contributed by atoms with Gasteiger partial charge in [-0.05, 0) is 24.3 Å². The largest absolute Gasteiger partial charge is 0.478 e. The second-order valence-electron chi connectivity index (χ2n) is 4.31. The van der Waals surface area contributed by atoms with Crippen LogP contribution in [-0.2, 0) is 18.4 Å². The second-order valence-corrected chi connectivity index (χ2v) is 5.95. The van der Waals surface area contributed by atoms with Crippen molar-refractivity contribution in [2.75, 3.05) is 0 Å². The molecule has 0 atom stereocenters. The monoisotopic (exact) mass is 324 g/mol. The van der Waals surface area contributed by atoms with Gasteiger partial charge in [-0.3, -0.25) is 4.79 Å². The Balaban J connectivity index is 1.95. The number of amides is 1. The van der Waals surface area contributed by atoms with Crippen molar-refractivity contribution in [3.05, 3.63) is 50.9 Å². The maximum atomic E-state index is 12.0. The van der Waals surface area contributed by atoms with Crippen LogP contribution in [0.1, 0.15) is 20.2 Å². The maximum Gasteiger partial charge on any atom is 0.328 e. The summed E-state index contributed by atoms with van der Waals surface area (Å²) in [6.45, 7) is 0.382. The molecule has 0 aliphatic carbocycles. The summed E-state index contributed by atoms with van der Waals surface area (Å²) in [5.74, 6) is -1.20. The number of nitrogens with zero attached hydrogens (tertiary/aromatic N) is 1. The predicted octanol–water partition coefficient (Wildman–Crippen LogP) is 2.77. The lowest BCUT2D eigenvalue weighted by molar-refractivity contribution is -0.131. The summed E-state index contributed by atoms with van der Waals surface area (Å²) in [5, 5.41) is 11.9.